The Balaban J connectivity index is 1.64. The Hall–Kier alpha value is -3.26. The molecule has 0 aliphatic heterocycles. The Morgan fingerprint density at radius 3 is 2.66 bits per heavy atom. The smallest absolute Gasteiger partial charge is 0.258 e. The molecule has 0 fully saturated rings. The molecule has 7 nitrogen and oxygen atoms in total. The molecule has 4 aromatic rings. The van der Waals surface area contributed by atoms with E-state index in [2.05, 4.69) is 34.0 Å². The SMILES string of the molecule is COc1cc2nc(CSc3nccn3-c3ccccc3C)[nH]c(=O)c2cc1OC. The second-order valence-electron chi connectivity index (χ2n) is 6.39. The lowest BCUT2D eigenvalue weighted by Crippen LogP contribution is -2.12. The number of ether oxygens (including phenoxy) is 2. The van der Waals surface area contributed by atoms with Crippen molar-refractivity contribution in [2.75, 3.05) is 14.2 Å². The van der Waals surface area contributed by atoms with Crippen LogP contribution in [0.5, 0.6) is 11.5 Å². The van der Waals surface area contributed by atoms with Crippen LogP contribution < -0.4 is 15.0 Å². The van der Waals surface area contributed by atoms with E-state index in [-0.39, 0.29) is 5.56 Å². The third-order valence-electron chi connectivity index (χ3n) is 4.58. The Kier molecular flexibility index (Phi) is 5.26. The third kappa shape index (κ3) is 3.71. The van der Waals surface area contributed by atoms with Gasteiger partial charge in [-0.3, -0.25) is 9.36 Å². The van der Waals surface area contributed by atoms with E-state index in [9.17, 15) is 4.79 Å². The number of fused-ring (bicyclic) bond motifs is 1. The highest BCUT2D eigenvalue weighted by Gasteiger charge is 2.13. The predicted octanol–water partition coefficient (Wildman–Crippen LogP) is 3.73. The van der Waals surface area contributed by atoms with Crippen LogP contribution in [0.1, 0.15) is 11.4 Å². The molecule has 0 aliphatic rings. The van der Waals surface area contributed by atoms with Crippen LogP contribution in [0.2, 0.25) is 0 Å². The highest BCUT2D eigenvalue weighted by Crippen LogP contribution is 2.30. The first-order valence-corrected chi connectivity index (χ1v) is 9.96. The number of hydrogen-bond donors (Lipinski definition) is 1. The summed E-state index contributed by atoms with van der Waals surface area (Å²) in [6.45, 7) is 2.06. The first kappa shape index (κ1) is 19.1. The maximum atomic E-state index is 12.5. The van der Waals surface area contributed by atoms with Crippen LogP contribution in [-0.2, 0) is 5.75 Å². The van der Waals surface area contributed by atoms with Crippen LogP contribution in [0.4, 0.5) is 0 Å². The number of imidazole rings is 1. The molecule has 2 heterocycles. The molecule has 0 saturated carbocycles. The molecule has 0 aliphatic carbocycles. The van der Waals surface area contributed by atoms with E-state index in [4.69, 9.17) is 9.47 Å². The summed E-state index contributed by atoms with van der Waals surface area (Å²) in [4.78, 5) is 24.4. The van der Waals surface area contributed by atoms with Gasteiger partial charge in [-0.1, -0.05) is 30.0 Å². The molecule has 0 bridgehead atoms. The number of aromatic nitrogens is 4. The number of benzene rings is 2. The van der Waals surface area contributed by atoms with Gasteiger partial charge in [0.1, 0.15) is 5.82 Å². The monoisotopic (exact) mass is 408 g/mol. The number of nitrogens with one attached hydrogen (secondary N) is 1. The van der Waals surface area contributed by atoms with E-state index >= 15 is 0 Å². The number of nitrogens with zero attached hydrogens (tertiary/aromatic N) is 3. The Morgan fingerprint density at radius 2 is 1.90 bits per heavy atom. The van der Waals surface area contributed by atoms with Crippen molar-refractivity contribution in [1.82, 2.24) is 19.5 Å². The molecule has 4 rings (SSSR count). The number of aromatic amines is 1. The van der Waals surface area contributed by atoms with E-state index in [0.29, 0.717) is 34.0 Å². The third-order valence-corrected chi connectivity index (χ3v) is 5.56. The van der Waals surface area contributed by atoms with Crippen LogP contribution >= 0.6 is 11.8 Å². The molecule has 0 unspecified atom stereocenters. The zero-order valence-electron chi connectivity index (χ0n) is 16.3. The molecule has 148 valence electrons. The maximum absolute atomic E-state index is 12.5. The van der Waals surface area contributed by atoms with Crippen molar-refractivity contribution in [3.63, 3.8) is 0 Å². The molecule has 0 amide bonds. The first-order chi connectivity index (χ1) is 14.1. The van der Waals surface area contributed by atoms with Crippen LogP contribution in [-0.4, -0.2) is 33.7 Å². The van der Waals surface area contributed by atoms with Crippen molar-refractivity contribution < 1.29 is 9.47 Å². The number of H-pyrrole nitrogens is 1. The van der Waals surface area contributed by atoms with Gasteiger partial charge in [0.2, 0.25) is 0 Å². The lowest BCUT2D eigenvalue weighted by Gasteiger charge is -2.11. The number of hydrogen-bond acceptors (Lipinski definition) is 6. The number of para-hydroxylation sites is 1. The molecular formula is C21H20N4O3S. The minimum absolute atomic E-state index is 0.214. The van der Waals surface area contributed by atoms with Crippen molar-refractivity contribution in [1.29, 1.82) is 0 Å². The molecule has 8 heteroatoms. The average molecular weight is 408 g/mol. The van der Waals surface area contributed by atoms with Gasteiger partial charge in [0.15, 0.2) is 16.7 Å². The fourth-order valence-corrected chi connectivity index (χ4v) is 3.97. The number of thioether (sulfide) groups is 1. The number of methoxy groups -OCH3 is 2. The first-order valence-electron chi connectivity index (χ1n) is 8.98. The van der Waals surface area contributed by atoms with Gasteiger partial charge in [-0.25, -0.2) is 9.97 Å². The standard InChI is InChI=1S/C21H20N4O3S/c1-13-6-4-5-7-16(13)25-9-8-22-21(25)29-12-19-23-15-11-18(28-3)17(27-2)10-14(15)20(26)24-19/h4-11H,12H2,1-3H3,(H,23,24,26). The molecule has 2 aromatic heterocycles. The molecule has 0 saturated heterocycles. The predicted molar refractivity (Wildman–Crippen MR) is 113 cm³/mol. The molecular weight excluding hydrogens is 388 g/mol. The maximum Gasteiger partial charge on any atom is 0.258 e. The Labute approximate surface area is 171 Å². The molecule has 0 spiro atoms. The van der Waals surface area contributed by atoms with Gasteiger partial charge in [-0.2, -0.15) is 0 Å². The zero-order chi connectivity index (χ0) is 20.4. The van der Waals surface area contributed by atoms with E-state index < -0.39 is 0 Å². The second-order valence-corrected chi connectivity index (χ2v) is 7.33. The molecule has 29 heavy (non-hydrogen) atoms. The van der Waals surface area contributed by atoms with Gasteiger partial charge in [-0.05, 0) is 24.6 Å². The number of rotatable bonds is 6. The Morgan fingerprint density at radius 1 is 1.14 bits per heavy atom. The summed E-state index contributed by atoms with van der Waals surface area (Å²) in [5.74, 6) is 2.07. The second kappa shape index (κ2) is 8.00. The van der Waals surface area contributed by atoms with E-state index in [1.54, 1.807) is 25.4 Å². The van der Waals surface area contributed by atoms with E-state index in [1.165, 1.54) is 18.9 Å². The summed E-state index contributed by atoms with van der Waals surface area (Å²) < 4.78 is 12.6. The van der Waals surface area contributed by atoms with Gasteiger partial charge >= 0.3 is 0 Å². The Bertz CT molecular complexity index is 1230. The van der Waals surface area contributed by atoms with Gasteiger partial charge in [0.25, 0.3) is 5.56 Å². The van der Waals surface area contributed by atoms with Crippen LogP contribution in [0.3, 0.4) is 0 Å². The van der Waals surface area contributed by atoms with Crippen molar-refractivity contribution >= 4 is 22.7 Å². The highest BCUT2D eigenvalue weighted by atomic mass is 32.2. The van der Waals surface area contributed by atoms with Crippen LogP contribution in [0, 0.1) is 6.92 Å². The zero-order valence-corrected chi connectivity index (χ0v) is 17.1. The largest absolute Gasteiger partial charge is 0.493 e. The molecule has 2 aromatic carbocycles. The van der Waals surface area contributed by atoms with E-state index in [1.807, 2.05) is 22.9 Å². The fraction of sp³-hybridized carbons (Fsp3) is 0.190. The topological polar surface area (TPSA) is 82.0 Å². The highest BCUT2D eigenvalue weighted by molar-refractivity contribution is 7.98. The summed E-state index contributed by atoms with van der Waals surface area (Å²) in [7, 11) is 3.09. The molecule has 1 N–H and O–H groups in total. The van der Waals surface area contributed by atoms with Gasteiger partial charge in [-0.15, -0.1) is 0 Å². The van der Waals surface area contributed by atoms with Gasteiger partial charge < -0.3 is 14.5 Å². The van der Waals surface area contributed by atoms with Crippen molar-refractivity contribution in [2.45, 2.75) is 17.8 Å². The molecule has 0 radical (unpaired) electrons. The minimum atomic E-state index is -0.214. The van der Waals surface area contributed by atoms with Crippen LogP contribution in [0.25, 0.3) is 16.6 Å². The summed E-state index contributed by atoms with van der Waals surface area (Å²) in [6, 6.07) is 11.5. The molecule has 0 atom stereocenters. The summed E-state index contributed by atoms with van der Waals surface area (Å²) in [5.41, 5.74) is 2.58. The van der Waals surface area contributed by atoms with Crippen molar-refractivity contribution in [2.24, 2.45) is 0 Å². The lowest BCUT2D eigenvalue weighted by atomic mass is 10.2. The summed E-state index contributed by atoms with van der Waals surface area (Å²) in [5, 5.41) is 1.28. The minimum Gasteiger partial charge on any atom is -0.493 e. The lowest BCUT2D eigenvalue weighted by molar-refractivity contribution is 0.355. The summed E-state index contributed by atoms with van der Waals surface area (Å²) >= 11 is 1.51. The van der Waals surface area contributed by atoms with Crippen molar-refractivity contribution in [3.05, 3.63) is 70.5 Å². The quantitative estimate of drug-likeness (QED) is 0.490. The number of aryl methyl sites for hydroxylation is 1. The normalized spacial score (nSPS) is 11.0. The van der Waals surface area contributed by atoms with Crippen LogP contribution in [0.15, 0.2) is 58.7 Å². The summed E-state index contributed by atoms with van der Waals surface area (Å²) in [6.07, 6.45) is 3.70. The van der Waals surface area contributed by atoms with E-state index in [0.717, 1.165) is 16.4 Å². The average Bonchev–Trinajstić information content (AvgIpc) is 3.20. The van der Waals surface area contributed by atoms with Crippen molar-refractivity contribution in [3.8, 4) is 17.2 Å². The van der Waals surface area contributed by atoms with Gasteiger partial charge in [0, 0.05) is 18.5 Å². The fourth-order valence-electron chi connectivity index (χ4n) is 3.13. The van der Waals surface area contributed by atoms with Gasteiger partial charge in [0.05, 0.1) is 36.6 Å².